The highest BCUT2D eigenvalue weighted by atomic mass is 32.1. The number of rotatable bonds is 5. The van der Waals surface area contributed by atoms with Gasteiger partial charge in [0.25, 0.3) is 0 Å². The van der Waals surface area contributed by atoms with Gasteiger partial charge in [-0.05, 0) is 33.1 Å². The first-order valence-corrected chi connectivity index (χ1v) is 8.75. The van der Waals surface area contributed by atoms with E-state index < -0.39 is 5.97 Å². The van der Waals surface area contributed by atoms with Crippen LogP contribution in [0.4, 0.5) is 0 Å². The number of nitrogens with zero attached hydrogens (tertiary/aromatic N) is 3. The zero-order valence-electron chi connectivity index (χ0n) is 13.6. The lowest BCUT2D eigenvalue weighted by Crippen LogP contribution is -2.30. The average Bonchev–Trinajstić information content (AvgIpc) is 3.25. The van der Waals surface area contributed by atoms with Crippen LogP contribution in [0.2, 0.25) is 0 Å². The highest BCUT2D eigenvalue weighted by Crippen LogP contribution is 2.34. The van der Waals surface area contributed by atoms with E-state index in [1.165, 1.54) is 16.7 Å². The second-order valence-electron chi connectivity index (χ2n) is 5.92. The van der Waals surface area contributed by atoms with Crippen molar-refractivity contribution in [3.8, 4) is 0 Å². The molecular formula is C16H19N3O4S. The molecule has 1 N–H and O–H groups in total. The maximum absolute atomic E-state index is 12.6. The smallest absolute Gasteiger partial charge is 0.355 e. The average molecular weight is 349 g/mol. The highest BCUT2D eigenvalue weighted by molar-refractivity contribution is 7.09. The van der Waals surface area contributed by atoms with Crippen LogP contribution in [0.3, 0.4) is 0 Å². The Balaban J connectivity index is 1.68. The van der Waals surface area contributed by atoms with Crippen molar-refractivity contribution >= 4 is 23.2 Å². The van der Waals surface area contributed by atoms with Gasteiger partial charge in [0.15, 0.2) is 5.69 Å². The van der Waals surface area contributed by atoms with Gasteiger partial charge in [-0.1, -0.05) is 5.16 Å². The van der Waals surface area contributed by atoms with Crippen molar-refractivity contribution in [3.63, 3.8) is 0 Å². The number of aromatic carboxylic acids is 1. The number of hydrogen-bond acceptors (Lipinski definition) is 6. The summed E-state index contributed by atoms with van der Waals surface area (Å²) in [6, 6.07) is -0.111. The van der Waals surface area contributed by atoms with E-state index in [2.05, 4.69) is 10.1 Å². The lowest BCUT2D eigenvalue weighted by molar-refractivity contribution is -0.132. The standard InChI is InChI=1S/C16H19N3O4S/c1-9-11(10(2)23-18-9)5-6-14(20)19-7-3-4-13(19)15-17-12(8-24-15)16(21)22/h8,13H,3-7H2,1-2H3,(H,21,22)/t13-/m0/s1. The molecule has 128 valence electrons. The van der Waals surface area contributed by atoms with Crippen molar-refractivity contribution in [2.24, 2.45) is 0 Å². The van der Waals surface area contributed by atoms with Crippen LogP contribution in [-0.4, -0.2) is 38.6 Å². The predicted octanol–water partition coefficient (Wildman–Crippen LogP) is 2.74. The molecule has 1 atom stereocenters. The Morgan fingerprint density at radius 1 is 1.46 bits per heavy atom. The minimum absolute atomic E-state index is 0.0463. The normalized spacial score (nSPS) is 17.4. The molecule has 0 unspecified atom stereocenters. The fourth-order valence-electron chi connectivity index (χ4n) is 3.10. The SMILES string of the molecule is Cc1noc(C)c1CCC(=O)N1CCC[C@H]1c1nc(C(=O)O)cs1. The lowest BCUT2D eigenvalue weighted by Gasteiger charge is -2.23. The quantitative estimate of drug-likeness (QED) is 0.891. The second-order valence-corrected chi connectivity index (χ2v) is 6.81. The number of carbonyl (C=O) groups is 2. The van der Waals surface area contributed by atoms with Gasteiger partial charge in [-0.25, -0.2) is 9.78 Å². The van der Waals surface area contributed by atoms with Crippen LogP contribution in [0.1, 0.15) is 57.8 Å². The number of carboxylic acid groups (broad SMARTS) is 1. The van der Waals surface area contributed by atoms with Gasteiger partial charge in [0, 0.05) is 23.9 Å². The molecule has 1 aliphatic heterocycles. The third-order valence-electron chi connectivity index (χ3n) is 4.37. The van der Waals surface area contributed by atoms with Crippen molar-refractivity contribution in [3.05, 3.63) is 33.1 Å². The summed E-state index contributed by atoms with van der Waals surface area (Å²) in [6.07, 6.45) is 2.71. The summed E-state index contributed by atoms with van der Waals surface area (Å²) in [5, 5.41) is 15.2. The van der Waals surface area contributed by atoms with Gasteiger partial charge in [-0.2, -0.15) is 0 Å². The van der Waals surface area contributed by atoms with E-state index in [4.69, 9.17) is 9.63 Å². The van der Waals surface area contributed by atoms with E-state index in [1.807, 2.05) is 18.7 Å². The van der Waals surface area contributed by atoms with Gasteiger partial charge < -0.3 is 14.5 Å². The summed E-state index contributed by atoms with van der Waals surface area (Å²) >= 11 is 1.31. The van der Waals surface area contributed by atoms with Crippen LogP contribution < -0.4 is 0 Å². The van der Waals surface area contributed by atoms with Crippen LogP contribution in [0, 0.1) is 13.8 Å². The third kappa shape index (κ3) is 3.19. The summed E-state index contributed by atoms with van der Waals surface area (Å²) in [6.45, 7) is 4.41. The molecule has 7 nitrogen and oxygen atoms in total. The monoisotopic (exact) mass is 349 g/mol. The molecule has 0 aromatic carbocycles. The fraction of sp³-hybridized carbons (Fsp3) is 0.500. The topological polar surface area (TPSA) is 96.5 Å². The second kappa shape index (κ2) is 6.72. The van der Waals surface area contributed by atoms with E-state index in [0.717, 1.165) is 29.9 Å². The first kappa shape index (κ1) is 16.6. The van der Waals surface area contributed by atoms with Crippen molar-refractivity contribution in [2.45, 2.75) is 45.6 Å². The molecule has 0 radical (unpaired) electrons. The van der Waals surface area contributed by atoms with Crippen LogP contribution in [0.5, 0.6) is 0 Å². The number of likely N-dealkylation sites (tertiary alicyclic amines) is 1. The van der Waals surface area contributed by atoms with E-state index >= 15 is 0 Å². The van der Waals surface area contributed by atoms with Gasteiger partial charge in [0.2, 0.25) is 5.91 Å². The summed E-state index contributed by atoms with van der Waals surface area (Å²) < 4.78 is 5.13. The fourth-order valence-corrected chi connectivity index (χ4v) is 4.03. The van der Waals surface area contributed by atoms with E-state index in [9.17, 15) is 9.59 Å². The number of aromatic nitrogens is 2. The predicted molar refractivity (Wildman–Crippen MR) is 87.1 cm³/mol. The Labute approximate surface area is 143 Å². The van der Waals surface area contributed by atoms with Gasteiger partial charge >= 0.3 is 5.97 Å². The number of carbonyl (C=O) groups excluding carboxylic acids is 1. The molecule has 1 amide bonds. The molecule has 2 aromatic rings. The van der Waals surface area contributed by atoms with Gasteiger partial charge in [0.1, 0.15) is 10.8 Å². The maximum Gasteiger partial charge on any atom is 0.355 e. The molecule has 1 aliphatic rings. The van der Waals surface area contributed by atoms with Crippen molar-refractivity contribution in [2.75, 3.05) is 6.54 Å². The molecule has 1 saturated heterocycles. The molecule has 1 fully saturated rings. The molecule has 0 aliphatic carbocycles. The zero-order valence-corrected chi connectivity index (χ0v) is 14.4. The zero-order chi connectivity index (χ0) is 17.3. The molecule has 3 rings (SSSR count). The first-order valence-electron chi connectivity index (χ1n) is 7.87. The molecule has 2 aromatic heterocycles. The number of amides is 1. The minimum atomic E-state index is -1.04. The van der Waals surface area contributed by atoms with Crippen molar-refractivity contribution in [1.29, 1.82) is 0 Å². The number of thiazole rings is 1. The van der Waals surface area contributed by atoms with Crippen LogP contribution >= 0.6 is 11.3 Å². The molecule has 8 heteroatoms. The van der Waals surface area contributed by atoms with Crippen molar-refractivity contribution < 1.29 is 19.2 Å². The van der Waals surface area contributed by atoms with Crippen LogP contribution in [0.25, 0.3) is 0 Å². The van der Waals surface area contributed by atoms with E-state index in [1.54, 1.807) is 0 Å². The Kier molecular flexibility index (Phi) is 4.66. The Morgan fingerprint density at radius 2 is 2.25 bits per heavy atom. The summed E-state index contributed by atoms with van der Waals surface area (Å²) in [5.41, 5.74) is 1.86. The Morgan fingerprint density at radius 3 is 2.88 bits per heavy atom. The molecule has 24 heavy (non-hydrogen) atoms. The van der Waals surface area contributed by atoms with E-state index in [-0.39, 0.29) is 17.6 Å². The molecule has 0 bridgehead atoms. The summed E-state index contributed by atoms with van der Waals surface area (Å²) in [4.78, 5) is 29.6. The van der Waals surface area contributed by atoms with Gasteiger partial charge in [0.05, 0.1) is 11.7 Å². The van der Waals surface area contributed by atoms with Gasteiger partial charge in [-0.15, -0.1) is 11.3 Å². The van der Waals surface area contributed by atoms with Crippen LogP contribution in [0.15, 0.2) is 9.90 Å². The summed E-state index contributed by atoms with van der Waals surface area (Å²) in [7, 11) is 0. The Bertz CT molecular complexity index is 748. The van der Waals surface area contributed by atoms with E-state index in [0.29, 0.717) is 24.4 Å². The number of carboxylic acids is 1. The molecule has 0 saturated carbocycles. The highest BCUT2D eigenvalue weighted by Gasteiger charge is 2.32. The molecule has 0 spiro atoms. The number of aryl methyl sites for hydroxylation is 2. The first-order chi connectivity index (χ1) is 11.5. The van der Waals surface area contributed by atoms with Crippen molar-refractivity contribution in [1.82, 2.24) is 15.0 Å². The number of hydrogen-bond donors (Lipinski definition) is 1. The molecule has 3 heterocycles. The molecular weight excluding hydrogens is 330 g/mol. The maximum atomic E-state index is 12.6. The van der Waals surface area contributed by atoms with Gasteiger partial charge in [-0.3, -0.25) is 4.79 Å². The third-order valence-corrected chi connectivity index (χ3v) is 5.32. The summed E-state index contributed by atoms with van der Waals surface area (Å²) in [5.74, 6) is -0.222. The largest absolute Gasteiger partial charge is 0.476 e. The van der Waals surface area contributed by atoms with Crippen LogP contribution in [-0.2, 0) is 11.2 Å². The lowest BCUT2D eigenvalue weighted by atomic mass is 10.1. The minimum Gasteiger partial charge on any atom is -0.476 e. The Hall–Kier alpha value is -2.22.